The molecule has 3 aliphatic rings. The Kier molecular flexibility index (Phi) is 6.40. The van der Waals surface area contributed by atoms with Gasteiger partial charge in [0.2, 0.25) is 11.8 Å². The van der Waals surface area contributed by atoms with E-state index in [4.69, 9.17) is 4.74 Å². The number of carbonyl (C=O) groups excluding carboxylic acids is 3. The molecule has 3 amide bonds. The van der Waals surface area contributed by atoms with Crippen LogP contribution in [0.3, 0.4) is 0 Å². The van der Waals surface area contributed by atoms with Gasteiger partial charge >= 0.3 is 6.09 Å². The van der Waals surface area contributed by atoms with Crippen LogP contribution >= 0.6 is 0 Å². The fourth-order valence-electron chi connectivity index (χ4n) is 5.71. The Labute approximate surface area is 210 Å². The molecule has 2 aliphatic heterocycles. The second-order valence-electron chi connectivity index (χ2n) is 10.1. The summed E-state index contributed by atoms with van der Waals surface area (Å²) >= 11 is 0. The van der Waals surface area contributed by atoms with Gasteiger partial charge in [0.25, 0.3) is 0 Å². The van der Waals surface area contributed by atoms with Crippen LogP contribution in [0.5, 0.6) is 0 Å². The lowest BCUT2D eigenvalue weighted by Crippen LogP contribution is -2.55. The summed E-state index contributed by atoms with van der Waals surface area (Å²) in [5.74, 6) is -0.359. The monoisotopic (exact) mass is 486 g/mol. The molecule has 36 heavy (non-hydrogen) atoms. The Morgan fingerprint density at radius 1 is 1.19 bits per heavy atom. The number of nitrogens with zero attached hydrogens (tertiary/aromatic N) is 2. The number of ether oxygens (including phenoxy) is 1. The molecule has 2 fully saturated rings. The van der Waals surface area contributed by atoms with E-state index in [0.29, 0.717) is 5.92 Å². The Hall–Kier alpha value is -3.86. The molecule has 0 aromatic heterocycles. The first kappa shape index (κ1) is 23.9. The molecule has 0 bridgehead atoms. The maximum atomic E-state index is 13.9. The van der Waals surface area contributed by atoms with Crippen LogP contribution in [0.15, 0.2) is 54.6 Å². The van der Waals surface area contributed by atoms with Gasteiger partial charge in [0.15, 0.2) is 0 Å². The summed E-state index contributed by atoms with van der Waals surface area (Å²) in [5, 5.41) is 15.7. The standard InChI is InChI=1S/C28H30N4O4/c1-18(20-10-7-11-20)24(31-27(35)36-16-19-8-3-2-4-9-19)25(33)32-17-28(14-21(32)15-29)22-12-5-6-13-23(22)30-26(28)34/h2-6,8-9,12-13,18,20-21,24H,7,10-11,14,16-17H2,1H3,(H,30,34)(H,31,35)/t18-,21+,24+,28+/m1/s1. The number of fused-ring (bicyclic) bond motifs is 2. The number of nitrogens with one attached hydrogen (secondary N) is 2. The van der Waals surface area contributed by atoms with Gasteiger partial charge in [0.1, 0.15) is 18.7 Å². The van der Waals surface area contributed by atoms with Crippen molar-refractivity contribution < 1.29 is 19.1 Å². The molecule has 2 aromatic carbocycles. The summed E-state index contributed by atoms with van der Waals surface area (Å²) in [5.41, 5.74) is 1.41. The number of amides is 3. The number of rotatable bonds is 6. The van der Waals surface area contributed by atoms with Gasteiger partial charge in [-0.05, 0) is 29.0 Å². The van der Waals surface area contributed by atoms with Crippen LogP contribution < -0.4 is 10.6 Å². The van der Waals surface area contributed by atoms with Crippen LogP contribution in [0, 0.1) is 23.2 Å². The highest BCUT2D eigenvalue weighted by molar-refractivity contribution is 6.07. The lowest BCUT2D eigenvalue weighted by molar-refractivity contribution is -0.135. The molecule has 2 aromatic rings. The van der Waals surface area contributed by atoms with Gasteiger partial charge in [0.05, 0.1) is 11.5 Å². The number of carbonyl (C=O) groups is 3. The third-order valence-corrected chi connectivity index (χ3v) is 8.09. The number of para-hydroxylation sites is 1. The third kappa shape index (κ3) is 4.19. The van der Waals surface area contributed by atoms with Crippen LogP contribution in [0.25, 0.3) is 0 Å². The zero-order chi connectivity index (χ0) is 25.3. The maximum absolute atomic E-state index is 13.9. The second kappa shape index (κ2) is 9.65. The van der Waals surface area contributed by atoms with Crippen molar-refractivity contribution in [3.05, 3.63) is 65.7 Å². The number of nitriles is 1. The van der Waals surface area contributed by atoms with E-state index in [2.05, 4.69) is 16.7 Å². The lowest BCUT2D eigenvalue weighted by atomic mass is 9.73. The quantitative estimate of drug-likeness (QED) is 0.646. The molecule has 1 aliphatic carbocycles. The maximum Gasteiger partial charge on any atom is 0.408 e. The smallest absolute Gasteiger partial charge is 0.408 e. The Morgan fingerprint density at radius 3 is 2.61 bits per heavy atom. The minimum absolute atomic E-state index is 0.0932. The third-order valence-electron chi connectivity index (χ3n) is 8.09. The van der Waals surface area contributed by atoms with E-state index >= 15 is 0 Å². The molecule has 0 radical (unpaired) electrons. The van der Waals surface area contributed by atoms with Crippen LogP contribution in [-0.2, 0) is 26.3 Å². The van der Waals surface area contributed by atoms with E-state index in [0.717, 1.165) is 36.1 Å². The number of hydrogen-bond donors (Lipinski definition) is 2. The van der Waals surface area contributed by atoms with E-state index in [1.807, 2.05) is 61.5 Å². The minimum Gasteiger partial charge on any atom is -0.445 e. The second-order valence-corrected chi connectivity index (χ2v) is 10.1. The van der Waals surface area contributed by atoms with Crippen molar-refractivity contribution in [1.82, 2.24) is 10.2 Å². The number of alkyl carbamates (subject to hydrolysis) is 1. The number of hydrogen-bond acceptors (Lipinski definition) is 5. The molecule has 2 heterocycles. The largest absolute Gasteiger partial charge is 0.445 e. The first-order chi connectivity index (χ1) is 17.4. The molecule has 8 heteroatoms. The van der Waals surface area contributed by atoms with Crippen LogP contribution in [-0.4, -0.2) is 41.4 Å². The number of likely N-dealkylation sites (tertiary alicyclic amines) is 1. The highest BCUT2D eigenvalue weighted by Crippen LogP contribution is 2.46. The highest BCUT2D eigenvalue weighted by Gasteiger charge is 2.57. The predicted octanol–water partition coefficient (Wildman–Crippen LogP) is 3.73. The molecule has 8 nitrogen and oxygen atoms in total. The highest BCUT2D eigenvalue weighted by atomic mass is 16.5. The summed E-state index contributed by atoms with van der Waals surface area (Å²) in [6, 6.07) is 17.4. The average Bonchev–Trinajstić information content (AvgIpc) is 3.38. The molecular formula is C28H30N4O4. The van der Waals surface area contributed by atoms with Crippen molar-refractivity contribution in [2.24, 2.45) is 11.8 Å². The molecule has 2 N–H and O–H groups in total. The van der Waals surface area contributed by atoms with Crippen molar-refractivity contribution in [2.75, 3.05) is 11.9 Å². The van der Waals surface area contributed by atoms with E-state index in [-0.39, 0.29) is 37.3 Å². The van der Waals surface area contributed by atoms with Crippen LogP contribution in [0.4, 0.5) is 10.5 Å². The van der Waals surface area contributed by atoms with Gasteiger partial charge in [-0.15, -0.1) is 0 Å². The first-order valence-corrected chi connectivity index (χ1v) is 12.5. The molecule has 0 unspecified atom stereocenters. The minimum atomic E-state index is -0.968. The molecule has 186 valence electrons. The zero-order valence-electron chi connectivity index (χ0n) is 20.3. The summed E-state index contributed by atoms with van der Waals surface area (Å²) in [6.45, 7) is 2.16. The van der Waals surface area contributed by atoms with Gasteiger partial charge < -0.3 is 20.3 Å². The van der Waals surface area contributed by atoms with E-state index in [1.54, 1.807) is 0 Å². The SMILES string of the molecule is C[C@H](C1CCC1)[C@H](NC(=O)OCc1ccccc1)C(=O)N1C[C@]2(C[C@H]1C#N)C(=O)Nc1ccccc12. The normalized spacial score (nSPS) is 24.3. The van der Waals surface area contributed by atoms with Crippen molar-refractivity contribution >= 4 is 23.6 Å². The molecule has 1 saturated carbocycles. The lowest BCUT2D eigenvalue weighted by Gasteiger charge is -2.38. The first-order valence-electron chi connectivity index (χ1n) is 12.5. The summed E-state index contributed by atoms with van der Waals surface area (Å²) in [7, 11) is 0. The number of benzene rings is 2. The Morgan fingerprint density at radius 2 is 1.92 bits per heavy atom. The van der Waals surface area contributed by atoms with E-state index < -0.39 is 23.6 Å². The van der Waals surface area contributed by atoms with Gasteiger partial charge in [-0.25, -0.2) is 4.79 Å². The Balaban J connectivity index is 1.36. The molecule has 1 spiro atoms. The van der Waals surface area contributed by atoms with Crippen LogP contribution in [0.1, 0.15) is 43.7 Å². The van der Waals surface area contributed by atoms with Gasteiger partial charge in [-0.2, -0.15) is 5.26 Å². The Bertz CT molecular complexity index is 1210. The molecule has 1 saturated heterocycles. The van der Waals surface area contributed by atoms with Crippen molar-refractivity contribution in [3.8, 4) is 6.07 Å². The zero-order valence-corrected chi connectivity index (χ0v) is 20.3. The van der Waals surface area contributed by atoms with Crippen molar-refractivity contribution in [3.63, 3.8) is 0 Å². The summed E-state index contributed by atoms with van der Waals surface area (Å²) < 4.78 is 5.41. The molecular weight excluding hydrogens is 456 g/mol. The predicted molar refractivity (Wildman–Crippen MR) is 133 cm³/mol. The fraction of sp³-hybridized carbons (Fsp3) is 0.429. The van der Waals surface area contributed by atoms with E-state index in [1.165, 1.54) is 4.90 Å². The summed E-state index contributed by atoms with van der Waals surface area (Å²) in [6.07, 6.45) is 2.63. The van der Waals surface area contributed by atoms with Crippen molar-refractivity contribution in [1.29, 1.82) is 5.26 Å². The van der Waals surface area contributed by atoms with Crippen molar-refractivity contribution in [2.45, 2.75) is 56.7 Å². The van der Waals surface area contributed by atoms with Crippen LogP contribution in [0.2, 0.25) is 0 Å². The van der Waals surface area contributed by atoms with Gasteiger partial charge in [0, 0.05) is 18.7 Å². The topological polar surface area (TPSA) is 112 Å². The van der Waals surface area contributed by atoms with E-state index in [9.17, 15) is 19.6 Å². The summed E-state index contributed by atoms with van der Waals surface area (Å²) in [4.78, 5) is 41.3. The van der Waals surface area contributed by atoms with Gasteiger partial charge in [-0.1, -0.05) is 74.7 Å². The fourth-order valence-corrected chi connectivity index (χ4v) is 5.71. The number of anilines is 1. The van der Waals surface area contributed by atoms with Gasteiger partial charge in [-0.3, -0.25) is 9.59 Å². The molecule has 4 atom stereocenters. The molecule has 5 rings (SSSR count). The average molecular weight is 487 g/mol.